The Morgan fingerprint density at radius 1 is 1.33 bits per heavy atom. The number of aliphatic carboxylic acids is 1. The van der Waals surface area contributed by atoms with Crippen molar-refractivity contribution in [3.63, 3.8) is 0 Å². The monoisotopic (exact) mass is 294 g/mol. The highest BCUT2D eigenvalue weighted by atomic mass is 16.5. The molecule has 0 saturated heterocycles. The Labute approximate surface area is 124 Å². The molecule has 1 rings (SSSR count). The Morgan fingerprint density at radius 2 is 2.00 bits per heavy atom. The minimum absolute atomic E-state index is 0.293. The third kappa shape index (κ3) is 4.75. The van der Waals surface area contributed by atoms with E-state index >= 15 is 0 Å². The number of methoxy groups -OCH3 is 1. The van der Waals surface area contributed by atoms with Crippen LogP contribution in [0.4, 0.5) is 10.5 Å². The molecule has 1 atom stereocenters. The highest BCUT2D eigenvalue weighted by Crippen LogP contribution is 2.16. The Kier molecular flexibility index (Phi) is 6.17. The maximum atomic E-state index is 12.0. The second-order valence-electron chi connectivity index (χ2n) is 4.97. The van der Waals surface area contributed by atoms with Crippen LogP contribution >= 0.6 is 0 Å². The zero-order valence-corrected chi connectivity index (χ0v) is 12.6. The summed E-state index contributed by atoms with van der Waals surface area (Å²) in [5.74, 6) is -1.06. The van der Waals surface area contributed by atoms with Gasteiger partial charge in [-0.05, 0) is 31.4 Å². The maximum Gasteiger partial charge on any atom is 0.329 e. The van der Waals surface area contributed by atoms with E-state index in [0.717, 1.165) is 5.56 Å². The zero-order chi connectivity index (χ0) is 15.9. The van der Waals surface area contributed by atoms with Gasteiger partial charge in [-0.25, -0.2) is 9.59 Å². The van der Waals surface area contributed by atoms with Gasteiger partial charge in [0.25, 0.3) is 0 Å². The number of urea groups is 1. The van der Waals surface area contributed by atoms with Crippen molar-refractivity contribution >= 4 is 17.7 Å². The zero-order valence-electron chi connectivity index (χ0n) is 12.6. The number of carboxylic acids is 1. The van der Waals surface area contributed by atoms with E-state index in [1.807, 2.05) is 18.2 Å². The average molecular weight is 294 g/mol. The molecule has 116 valence electrons. The molecule has 0 aliphatic carbocycles. The highest BCUT2D eigenvalue weighted by Gasteiger charge is 2.32. The van der Waals surface area contributed by atoms with Crippen LogP contribution in [0.5, 0.6) is 0 Å². The predicted octanol–water partition coefficient (Wildman–Crippen LogP) is 2.25. The van der Waals surface area contributed by atoms with Crippen LogP contribution in [0, 0.1) is 0 Å². The van der Waals surface area contributed by atoms with Crippen molar-refractivity contribution in [1.82, 2.24) is 5.32 Å². The normalized spacial score (nSPS) is 13.3. The molecule has 0 saturated carbocycles. The van der Waals surface area contributed by atoms with Crippen LogP contribution in [-0.2, 0) is 16.0 Å². The van der Waals surface area contributed by atoms with Crippen molar-refractivity contribution in [2.75, 3.05) is 19.0 Å². The van der Waals surface area contributed by atoms with Crippen molar-refractivity contribution in [3.8, 4) is 0 Å². The standard InChI is InChI=1S/C15H22N2O4/c1-4-15(2,13(18)19)17-14(20)16-12-8-6-5-7-11(12)9-10-21-3/h5-8H,4,9-10H2,1-3H3,(H,18,19)(H2,16,17,20). The van der Waals surface area contributed by atoms with Gasteiger partial charge in [0.1, 0.15) is 5.54 Å². The lowest BCUT2D eigenvalue weighted by atomic mass is 10.00. The topological polar surface area (TPSA) is 87.7 Å². The van der Waals surface area contributed by atoms with Gasteiger partial charge in [0.15, 0.2) is 0 Å². The molecule has 2 amide bonds. The van der Waals surface area contributed by atoms with Gasteiger partial charge in [-0.2, -0.15) is 0 Å². The van der Waals surface area contributed by atoms with E-state index in [4.69, 9.17) is 9.84 Å². The second kappa shape index (κ2) is 7.64. The largest absolute Gasteiger partial charge is 0.480 e. The summed E-state index contributed by atoms with van der Waals surface area (Å²) in [6.07, 6.45) is 0.956. The fraction of sp³-hybridized carbons (Fsp3) is 0.467. The van der Waals surface area contributed by atoms with Crippen LogP contribution in [0.25, 0.3) is 0 Å². The van der Waals surface area contributed by atoms with Crippen LogP contribution in [0.15, 0.2) is 24.3 Å². The Morgan fingerprint density at radius 3 is 2.57 bits per heavy atom. The van der Waals surface area contributed by atoms with Crippen LogP contribution in [0.3, 0.4) is 0 Å². The van der Waals surface area contributed by atoms with Crippen LogP contribution in [0.1, 0.15) is 25.8 Å². The maximum absolute atomic E-state index is 12.0. The number of anilines is 1. The summed E-state index contributed by atoms with van der Waals surface area (Å²) >= 11 is 0. The molecular formula is C15H22N2O4. The molecule has 0 spiro atoms. The molecule has 0 heterocycles. The van der Waals surface area contributed by atoms with E-state index in [0.29, 0.717) is 25.1 Å². The Hall–Kier alpha value is -2.08. The van der Waals surface area contributed by atoms with Crippen molar-refractivity contribution in [3.05, 3.63) is 29.8 Å². The predicted molar refractivity (Wildman–Crippen MR) is 80.5 cm³/mol. The molecule has 0 aliphatic rings. The first-order chi connectivity index (χ1) is 9.92. The average Bonchev–Trinajstić information content (AvgIpc) is 2.45. The second-order valence-corrected chi connectivity index (χ2v) is 4.97. The van der Waals surface area contributed by atoms with E-state index in [9.17, 15) is 9.59 Å². The molecule has 1 aromatic carbocycles. The number of nitrogens with one attached hydrogen (secondary N) is 2. The van der Waals surface area contributed by atoms with E-state index < -0.39 is 17.5 Å². The third-order valence-electron chi connectivity index (χ3n) is 3.41. The number of para-hydroxylation sites is 1. The number of hydrogen-bond donors (Lipinski definition) is 3. The molecule has 0 radical (unpaired) electrons. The molecule has 3 N–H and O–H groups in total. The SMILES string of the molecule is CCC(C)(NC(=O)Nc1ccccc1CCOC)C(=O)O. The van der Waals surface area contributed by atoms with Crippen LogP contribution in [-0.4, -0.2) is 36.4 Å². The molecule has 0 aromatic heterocycles. The summed E-state index contributed by atoms with van der Waals surface area (Å²) in [6, 6.07) is 6.81. The lowest BCUT2D eigenvalue weighted by molar-refractivity contribution is -0.143. The quantitative estimate of drug-likeness (QED) is 0.719. The molecule has 1 aromatic rings. The van der Waals surface area contributed by atoms with Crippen molar-refractivity contribution < 1.29 is 19.4 Å². The molecular weight excluding hydrogens is 272 g/mol. The number of amides is 2. The summed E-state index contributed by atoms with van der Waals surface area (Å²) in [4.78, 5) is 23.2. The van der Waals surface area contributed by atoms with Gasteiger partial charge in [0.05, 0.1) is 6.61 Å². The van der Waals surface area contributed by atoms with Gasteiger partial charge >= 0.3 is 12.0 Å². The molecule has 6 nitrogen and oxygen atoms in total. The highest BCUT2D eigenvalue weighted by molar-refractivity contribution is 5.94. The number of carbonyl (C=O) groups is 2. The minimum Gasteiger partial charge on any atom is -0.480 e. The summed E-state index contributed by atoms with van der Waals surface area (Å²) < 4.78 is 5.03. The first kappa shape index (κ1) is 17.0. The molecule has 6 heteroatoms. The van der Waals surface area contributed by atoms with Crippen molar-refractivity contribution in [2.45, 2.75) is 32.2 Å². The first-order valence-corrected chi connectivity index (χ1v) is 6.82. The van der Waals surface area contributed by atoms with E-state index in [1.165, 1.54) is 6.92 Å². The minimum atomic E-state index is -1.29. The molecule has 0 bridgehead atoms. The number of ether oxygens (including phenoxy) is 1. The van der Waals surface area contributed by atoms with E-state index in [-0.39, 0.29) is 0 Å². The number of benzene rings is 1. The van der Waals surface area contributed by atoms with E-state index in [2.05, 4.69) is 10.6 Å². The van der Waals surface area contributed by atoms with Crippen molar-refractivity contribution in [2.24, 2.45) is 0 Å². The van der Waals surface area contributed by atoms with E-state index in [1.54, 1.807) is 20.1 Å². The van der Waals surface area contributed by atoms with Gasteiger partial charge in [0.2, 0.25) is 0 Å². The van der Waals surface area contributed by atoms with Crippen LogP contribution < -0.4 is 10.6 Å². The summed E-state index contributed by atoms with van der Waals surface area (Å²) in [5.41, 5.74) is 0.296. The van der Waals surface area contributed by atoms with Crippen molar-refractivity contribution in [1.29, 1.82) is 0 Å². The third-order valence-corrected chi connectivity index (χ3v) is 3.41. The molecule has 0 aliphatic heterocycles. The molecule has 0 fully saturated rings. The number of carbonyl (C=O) groups excluding carboxylic acids is 1. The van der Waals surface area contributed by atoms with Gasteiger partial charge in [-0.3, -0.25) is 0 Å². The fourth-order valence-electron chi connectivity index (χ4n) is 1.77. The molecule has 1 unspecified atom stereocenters. The summed E-state index contributed by atoms with van der Waals surface area (Å²) in [7, 11) is 1.61. The fourth-order valence-corrected chi connectivity index (χ4v) is 1.77. The lowest BCUT2D eigenvalue weighted by Gasteiger charge is -2.25. The summed E-state index contributed by atoms with van der Waals surface area (Å²) in [5, 5.41) is 14.3. The summed E-state index contributed by atoms with van der Waals surface area (Å²) in [6.45, 7) is 3.73. The Balaban J connectivity index is 2.77. The van der Waals surface area contributed by atoms with Gasteiger partial charge in [0, 0.05) is 12.8 Å². The van der Waals surface area contributed by atoms with Gasteiger partial charge in [-0.1, -0.05) is 25.1 Å². The lowest BCUT2D eigenvalue weighted by Crippen LogP contribution is -2.53. The van der Waals surface area contributed by atoms with Gasteiger partial charge < -0.3 is 20.5 Å². The Bertz CT molecular complexity index is 504. The van der Waals surface area contributed by atoms with Crippen LogP contribution in [0.2, 0.25) is 0 Å². The number of rotatable bonds is 7. The number of hydrogen-bond acceptors (Lipinski definition) is 3. The smallest absolute Gasteiger partial charge is 0.329 e. The number of carboxylic acid groups (broad SMARTS) is 1. The first-order valence-electron chi connectivity index (χ1n) is 6.82. The molecule has 21 heavy (non-hydrogen) atoms. The van der Waals surface area contributed by atoms with Gasteiger partial charge in [-0.15, -0.1) is 0 Å².